The van der Waals surface area contributed by atoms with E-state index in [0.29, 0.717) is 23.6 Å². The summed E-state index contributed by atoms with van der Waals surface area (Å²) in [5, 5.41) is 13.0. The molecule has 0 atom stereocenters. The van der Waals surface area contributed by atoms with Crippen LogP contribution in [-0.4, -0.2) is 28.6 Å². The smallest absolute Gasteiger partial charge is 0.165 e. The molecule has 0 bridgehead atoms. The van der Waals surface area contributed by atoms with Crippen LogP contribution in [-0.2, 0) is 6.54 Å². The van der Waals surface area contributed by atoms with Crippen LogP contribution in [0.15, 0.2) is 24.3 Å². The molecule has 5 nitrogen and oxygen atoms in total. The zero-order valence-electron chi connectivity index (χ0n) is 9.93. The number of nitrogen functional groups attached to an aromatic ring is 1. The van der Waals surface area contributed by atoms with Crippen molar-refractivity contribution in [3.05, 3.63) is 30.1 Å². The fraction of sp³-hybridized carbons (Fsp3) is 0.250. The van der Waals surface area contributed by atoms with Crippen molar-refractivity contribution in [1.29, 1.82) is 0 Å². The van der Waals surface area contributed by atoms with Gasteiger partial charge in [-0.2, -0.15) is 5.10 Å². The van der Waals surface area contributed by atoms with Crippen molar-refractivity contribution in [2.45, 2.75) is 6.54 Å². The van der Waals surface area contributed by atoms with E-state index in [9.17, 15) is 4.39 Å². The van der Waals surface area contributed by atoms with Crippen LogP contribution in [0.1, 0.15) is 0 Å². The molecule has 0 saturated heterocycles. The number of nitrogens with two attached hydrogens (primary N) is 1. The summed E-state index contributed by atoms with van der Waals surface area (Å²) in [5.74, 6) is 0.155. The minimum absolute atomic E-state index is 0.0533. The summed E-state index contributed by atoms with van der Waals surface area (Å²) >= 11 is 0. The van der Waals surface area contributed by atoms with Gasteiger partial charge in [0.25, 0.3) is 0 Å². The van der Waals surface area contributed by atoms with E-state index >= 15 is 0 Å². The maximum absolute atomic E-state index is 13.6. The van der Waals surface area contributed by atoms with Crippen LogP contribution in [0.3, 0.4) is 0 Å². The summed E-state index contributed by atoms with van der Waals surface area (Å²) < 4.78 is 19.9. The van der Waals surface area contributed by atoms with Crippen molar-refractivity contribution in [3.63, 3.8) is 0 Å². The van der Waals surface area contributed by atoms with Gasteiger partial charge in [-0.3, -0.25) is 0 Å². The van der Waals surface area contributed by atoms with Gasteiger partial charge in [-0.25, -0.2) is 9.07 Å². The van der Waals surface area contributed by atoms with Crippen LogP contribution in [0.25, 0.3) is 11.3 Å². The summed E-state index contributed by atoms with van der Waals surface area (Å²) in [6.45, 7) is 0.257. The highest BCUT2D eigenvalue weighted by molar-refractivity contribution is 5.63. The first-order valence-corrected chi connectivity index (χ1v) is 5.44. The standard InChI is InChI=1S/C12H14FN3O2/c1-18-11-3-2-8(6-9(11)13)10-7-12(14)16(15-10)4-5-17/h2-3,6-7,17H,4-5,14H2,1H3. The van der Waals surface area contributed by atoms with Gasteiger partial charge < -0.3 is 15.6 Å². The van der Waals surface area contributed by atoms with Gasteiger partial charge >= 0.3 is 0 Å². The number of anilines is 1. The number of ether oxygens (including phenoxy) is 1. The molecule has 6 heteroatoms. The van der Waals surface area contributed by atoms with Gasteiger partial charge in [0.2, 0.25) is 0 Å². The third-order valence-electron chi connectivity index (χ3n) is 2.57. The predicted octanol–water partition coefficient (Wildman–Crippen LogP) is 1.27. The van der Waals surface area contributed by atoms with E-state index in [1.54, 1.807) is 12.1 Å². The third-order valence-corrected chi connectivity index (χ3v) is 2.57. The number of hydrogen-bond donors (Lipinski definition) is 2. The molecule has 0 fully saturated rings. The number of methoxy groups -OCH3 is 1. The van der Waals surface area contributed by atoms with E-state index in [1.807, 2.05) is 0 Å². The Hall–Kier alpha value is -2.08. The number of aliphatic hydroxyl groups is 1. The maximum atomic E-state index is 13.6. The van der Waals surface area contributed by atoms with E-state index in [0.717, 1.165) is 0 Å². The Labute approximate surface area is 104 Å². The second-order valence-electron chi connectivity index (χ2n) is 3.75. The third kappa shape index (κ3) is 2.28. The Bertz CT molecular complexity index is 554. The van der Waals surface area contributed by atoms with E-state index in [-0.39, 0.29) is 12.4 Å². The molecule has 0 aliphatic heterocycles. The van der Waals surface area contributed by atoms with Crippen molar-refractivity contribution < 1.29 is 14.2 Å². The Balaban J connectivity index is 2.36. The number of nitrogens with zero attached hydrogens (tertiary/aromatic N) is 2. The molecule has 0 amide bonds. The molecular formula is C12H14FN3O2. The van der Waals surface area contributed by atoms with Crippen molar-refractivity contribution >= 4 is 5.82 Å². The summed E-state index contributed by atoms with van der Waals surface area (Å²) in [7, 11) is 1.41. The fourth-order valence-electron chi connectivity index (χ4n) is 1.67. The van der Waals surface area contributed by atoms with E-state index in [2.05, 4.69) is 5.10 Å². The lowest BCUT2D eigenvalue weighted by atomic mass is 10.1. The molecule has 2 aromatic rings. The lowest BCUT2D eigenvalue weighted by molar-refractivity contribution is 0.270. The maximum Gasteiger partial charge on any atom is 0.165 e. The molecule has 0 radical (unpaired) electrons. The molecule has 1 aromatic carbocycles. The van der Waals surface area contributed by atoms with Gasteiger partial charge in [-0.1, -0.05) is 0 Å². The molecule has 0 aliphatic carbocycles. The highest BCUT2D eigenvalue weighted by atomic mass is 19.1. The van der Waals surface area contributed by atoms with Crippen LogP contribution in [0.2, 0.25) is 0 Å². The molecule has 18 heavy (non-hydrogen) atoms. The van der Waals surface area contributed by atoms with Gasteiger partial charge in [0, 0.05) is 11.6 Å². The topological polar surface area (TPSA) is 73.3 Å². The Morgan fingerprint density at radius 1 is 1.44 bits per heavy atom. The SMILES string of the molecule is COc1ccc(-c2cc(N)n(CCO)n2)cc1F. The number of benzene rings is 1. The number of halogens is 1. The predicted molar refractivity (Wildman–Crippen MR) is 65.7 cm³/mol. The Kier molecular flexibility index (Phi) is 3.47. The minimum atomic E-state index is -0.453. The summed E-state index contributed by atoms with van der Waals surface area (Å²) in [4.78, 5) is 0. The molecule has 2 rings (SSSR count). The van der Waals surface area contributed by atoms with Crippen molar-refractivity contribution in [1.82, 2.24) is 9.78 Å². The second-order valence-corrected chi connectivity index (χ2v) is 3.75. The molecule has 1 heterocycles. The highest BCUT2D eigenvalue weighted by Crippen LogP contribution is 2.25. The van der Waals surface area contributed by atoms with Crippen LogP contribution >= 0.6 is 0 Å². The quantitative estimate of drug-likeness (QED) is 0.858. The molecule has 3 N–H and O–H groups in total. The van der Waals surface area contributed by atoms with Gasteiger partial charge in [0.15, 0.2) is 11.6 Å². The Morgan fingerprint density at radius 3 is 2.83 bits per heavy atom. The van der Waals surface area contributed by atoms with Crippen LogP contribution < -0.4 is 10.5 Å². The molecule has 0 saturated carbocycles. The zero-order chi connectivity index (χ0) is 13.1. The van der Waals surface area contributed by atoms with Crippen molar-refractivity contribution in [3.8, 4) is 17.0 Å². The number of rotatable bonds is 4. The van der Waals surface area contributed by atoms with Gasteiger partial charge in [-0.05, 0) is 18.2 Å². The van der Waals surface area contributed by atoms with E-state index in [1.165, 1.54) is 23.9 Å². The van der Waals surface area contributed by atoms with Crippen LogP contribution in [0, 0.1) is 5.82 Å². The first kappa shape index (κ1) is 12.4. The van der Waals surface area contributed by atoms with Crippen LogP contribution in [0.4, 0.5) is 10.2 Å². The fourth-order valence-corrected chi connectivity index (χ4v) is 1.67. The summed E-state index contributed by atoms with van der Waals surface area (Å²) in [6, 6.07) is 6.21. The summed E-state index contributed by atoms with van der Waals surface area (Å²) in [5.41, 5.74) is 6.90. The molecule has 0 unspecified atom stereocenters. The molecule has 96 valence electrons. The van der Waals surface area contributed by atoms with Crippen molar-refractivity contribution in [2.24, 2.45) is 0 Å². The number of aromatic nitrogens is 2. The van der Waals surface area contributed by atoms with Gasteiger partial charge in [0.05, 0.1) is 26.0 Å². The van der Waals surface area contributed by atoms with Gasteiger partial charge in [0.1, 0.15) is 5.82 Å². The first-order valence-electron chi connectivity index (χ1n) is 5.44. The largest absolute Gasteiger partial charge is 0.494 e. The average molecular weight is 251 g/mol. The highest BCUT2D eigenvalue weighted by Gasteiger charge is 2.10. The normalized spacial score (nSPS) is 10.6. The zero-order valence-corrected chi connectivity index (χ0v) is 9.93. The second kappa shape index (κ2) is 5.05. The van der Waals surface area contributed by atoms with E-state index in [4.69, 9.17) is 15.6 Å². The monoisotopic (exact) mass is 251 g/mol. The molecule has 1 aromatic heterocycles. The minimum Gasteiger partial charge on any atom is -0.494 e. The van der Waals surface area contributed by atoms with Crippen LogP contribution in [0.5, 0.6) is 5.75 Å². The number of aliphatic hydroxyl groups excluding tert-OH is 1. The average Bonchev–Trinajstić information content (AvgIpc) is 2.71. The Morgan fingerprint density at radius 2 is 2.22 bits per heavy atom. The lowest BCUT2D eigenvalue weighted by Gasteiger charge is -2.03. The van der Waals surface area contributed by atoms with Gasteiger partial charge in [-0.15, -0.1) is 0 Å². The molecular weight excluding hydrogens is 237 g/mol. The van der Waals surface area contributed by atoms with Crippen molar-refractivity contribution in [2.75, 3.05) is 19.5 Å². The first-order chi connectivity index (χ1) is 8.65. The lowest BCUT2D eigenvalue weighted by Crippen LogP contribution is -2.07. The molecule has 0 aliphatic rings. The molecule has 0 spiro atoms. The van der Waals surface area contributed by atoms with E-state index < -0.39 is 5.82 Å². The number of hydrogen-bond acceptors (Lipinski definition) is 4. The summed E-state index contributed by atoms with van der Waals surface area (Å²) in [6.07, 6.45) is 0.